The summed E-state index contributed by atoms with van der Waals surface area (Å²) in [6.07, 6.45) is -4.70. The number of halogens is 4. The largest absolute Gasteiger partial charge is 0.507 e. The molecule has 2 aromatic carbocycles. The average Bonchev–Trinajstić information content (AvgIpc) is 2.47. The number of carboxylic acids is 1. The van der Waals surface area contributed by atoms with Crippen molar-refractivity contribution < 1.29 is 32.6 Å². The van der Waals surface area contributed by atoms with Crippen LogP contribution in [-0.2, 0) is 12.6 Å². The summed E-state index contributed by atoms with van der Waals surface area (Å²) in [4.78, 5) is 10.9. The lowest BCUT2D eigenvalue weighted by Crippen LogP contribution is -2.13. The van der Waals surface area contributed by atoms with E-state index >= 15 is 0 Å². The molecule has 3 N–H and O–H groups in total. The lowest BCUT2D eigenvalue weighted by molar-refractivity contribution is -0.138. The molecule has 0 amide bonds. The highest BCUT2D eigenvalue weighted by molar-refractivity contribution is 5.91. The van der Waals surface area contributed by atoms with Gasteiger partial charge in [-0.25, -0.2) is 9.18 Å². The number of carbonyl (C=O) groups is 1. The molecule has 0 aliphatic carbocycles. The van der Waals surface area contributed by atoms with Gasteiger partial charge in [0.25, 0.3) is 0 Å². The Bertz CT molecular complexity index is 759. The number of alkyl halides is 3. The van der Waals surface area contributed by atoms with Crippen LogP contribution in [0.25, 0.3) is 0 Å². The summed E-state index contributed by atoms with van der Waals surface area (Å²) in [7, 11) is 0. The molecule has 0 saturated heterocycles. The zero-order valence-electron chi connectivity index (χ0n) is 12.2. The Morgan fingerprint density at radius 2 is 1.83 bits per heavy atom. The predicted octanol–water partition coefficient (Wildman–Crippen LogP) is 3.90. The van der Waals surface area contributed by atoms with Crippen molar-refractivity contribution in [3.63, 3.8) is 0 Å². The molecule has 128 valence electrons. The molecule has 0 heterocycles. The third-order valence-corrected chi connectivity index (χ3v) is 3.32. The quantitative estimate of drug-likeness (QED) is 0.569. The standard InChI is InChI=1S/C16H13F4NO3/c17-10-1-3-13(16(18,19)20)9(7-10)5-6-21-11-2-4-14(22)12(8-11)15(23)24/h1-4,7-8,21-22H,5-6H2,(H,23,24). The van der Waals surface area contributed by atoms with Crippen molar-refractivity contribution in [2.45, 2.75) is 12.6 Å². The molecular formula is C16H13F4NO3. The van der Waals surface area contributed by atoms with Gasteiger partial charge in [-0.15, -0.1) is 0 Å². The Morgan fingerprint density at radius 3 is 2.46 bits per heavy atom. The highest BCUT2D eigenvalue weighted by Crippen LogP contribution is 2.32. The zero-order valence-corrected chi connectivity index (χ0v) is 12.2. The predicted molar refractivity (Wildman–Crippen MR) is 78.7 cm³/mol. The Morgan fingerprint density at radius 1 is 1.12 bits per heavy atom. The van der Waals surface area contributed by atoms with Crippen LogP contribution in [0.15, 0.2) is 36.4 Å². The van der Waals surface area contributed by atoms with Crippen LogP contribution < -0.4 is 5.32 Å². The van der Waals surface area contributed by atoms with Gasteiger partial charge in [0, 0.05) is 12.2 Å². The number of phenols is 1. The highest BCUT2D eigenvalue weighted by atomic mass is 19.4. The maximum atomic E-state index is 13.2. The number of anilines is 1. The normalized spacial score (nSPS) is 11.3. The summed E-state index contributed by atoms with van der Waals surface area (Å²) >= 11 is 0. The second kappa shape index (κ2) is 6.77. The molecule has 0 aliphatic heterocycles. The topological polar surface area (TPSA) is 69.6 Å². The molecule has 0 atom stereocenters. The number of aromatic hydroxyl groups is 1. The van der Waals surface area contributed by atoms with Gasteiger partial charge in [0.2, 0.25) is 0 Å². The lowest BCUT2D eigenvalue weighted by atomic mass is 10.0. The molecule has 24 heavy (non-hydrogen) atoms. The molecule has 0 spiro atoms. The number of rotatable bonds is 5. The van der Waals surface area contributed by atoms with Gasteiger partial charge < -0.3 is 15.5 Å². The second-order valence-corrected chi connectivity index (χ2v) is 5.01. The van der Waals surface area contributed by atoms with Crippen LogP contribution in [0.1, 0.15) is 21.5 Å². The minimum absolute atomic E-state index is 0.0242. The monoisotopic (exact) mass is 343 g/mol. The number of hydrogen-bond acceptors (Lipinski definition) is 3. The van der Waals surface area contributed by atoms with Crippen LogP contribution in [0.2, 0.25) is 0 Å². The van der Waals surface area contributed by atoms with Crippen LogP contribution in [0.3, 0.4) is 0 Å². The minimum Gasteiger partial charge on any atom is -0.507 e. The number of nitrogens with one attached hydrogen (secondary N) is 1. The van der Waals surface area contributed by atoms with Gasteiger partial charge in [-0.3, -0.25) is 0 Å². The van der Waals surface area contributed by atoms with Crippen LogP contribution in [0.4, 0.5) is 23.2 Å². The summed E-state index contributed by atoms with van der Waals surface area (Å²) in [5.74, 6) is -2.52. The molecule has 8 heteroatoms. The van der Waals surface area contributed by atoms with E-state index in [2.05, 4.69) is 5.32 Å². The lowest BCUT2D eigenvalue weighted by Gasteiger charge is -2.14. The van der Waals surface area contributed by atoms with Crippen molar-refractivity contribution >= 4 is 11.7 Å². The maximum Gasteiger partial charge on any atom is 0.416 e. The maximum absolute atomic E-state index is 13.2. The Labute approximate surface area is 134 Å². The average molecular weight is 343 g/mol. The molecule has 4 nitrogen and oxygen atoms in total. The third-order valence-electron chi connectivity index (χ3n) is 3.32. The van der Waals surface area contributed by atoms with E-state index in [4.69, 9.17) is 5.11 Å². The number of hydrogen-bond donors (Lipinski definition) is 3. The molecule has 0 aliphatic rings. The molecule has 0 unspecified atom stereocenters. The fourth-order valence-electron chi connectivity index (χ4n) is 2.20. The summed E-state index contributed by atoms with van der Waals surface area (Å²) < 4.78 is 51.8. The Hall–Kier alpha value is -2.77. The van der Waals surface area contributed by atoms with E-state index < -0.39 is 29.3 Å². The van der Waals surface area contributed by atoms with E-state index in [0.717, 1.165) is 24.3 Å². The second-order valence-electron chi connectivity index (χ2n) is 5.01. The molecule has 0 bridgehead atoms. The molecule has 0 aromatic heterocycles. The molecule has 2 aromatic rings. The van der Waals surface area contributed by atoms with Crippen molar-refractivity contribution in [3.8, 4) is 5.75 Å². The van der Waals surface area contributed by atoms with Gasteiger partial charge in [0.05, 0.1) is 5.56 Å². The first-order chi connectivity index (χ1) is 11.2. The van der Waals surface area contributed by atoms with Gasteiger partial charge >= 0.3 is 12.1 Å². The number of benzene rings is 2. The third kappa shape index (κ3) is 4.15. The van der Waals surface area contributed by atoms with Gasteiger partial charge in [0.15, 0.2) is 0 Å². The van der Waals surface area contributed by atoms with Crippen molar-refractivity contribution in [2.24, 2.45) is 0 Å². The summed E-state index contributed by atoms with van der Waals surface area (Å²) in [6, 6.07) is 5.97. The van der Waals surface area contributed by atoms with E-state index in [1.807, 2.05) is 0 Å². The van der Waals surface area contributed by atoms with Crippen molar-refractivity contribution in [2.75, 3.05) is 11.9 Å². The Kier molecular flexibility index (Phi) is 4.96. The number of carboxylic acid groups (broad SMARTS) is 1. The van der Waals surface area contributed by atoms with E-state index in [-0.39, 0.29) is 24.1 Å². The SMILES string of the molecule is O=C(O)c1cc(NCCc2cc(F)ccc2C(F)(F)F)ccc1O. The fourth-order valence-corrected chi connectivity index (χ4v) is 2.20. The first-order valence-corrected chi connectivity index (χ1v) is 6.84. The van der Waals surface area contributed by atoms with Crippen molar-refractivity contribution in [1.29, 1.82) is 0 Å². The summed E-state index contributed by atoms with van der Waals surface area (Å²) in [5.41, 5.74) is -1.13. The van der Waals surface area contributed by atoms with Crippen LogP contribution in [-0.4, -0.2) is 22.7 Å². The van der Waals surface area contributed by atoms with Crippen molar-refractivity contribution in [1.82, 2.24) is 0 Å². The van der Waals surface area contributed by atoms with Gasteiger partial charge in [-0.1, -0.05) is 0 Å². The summed E-state index contributed by atoms with van der Waals surface area (Å²) in [6.45, 7) is 0.0242. The zero-order chi connectivity index (χ0) is 17.9. The molecule has 2 rings (SSSR count). The van der Waals surface area contributed by atoms with Gasteiger partial charge in [0.1, 0.15) is 17.1 Å². The van der Waals surface area contributed by atoms with Crippen molar-refractivity contribution in [3.05, 3.63) is 58.9 Å². The van der Waals surface area contributed by atoms with Crippen LogP contribution in [0, 0.1) is 5.82 Å². The fraction of sp³-hybridized carbons (Fsp3) is 0.188. The van der Waals surface area contributed by atoms with Gasteiger partial charge in [-0.2, -0.15) is 13.2 Å². The first-order valence-electron chi connectivity index (χ1n) is 6.84. The molecule has 0 saturated carbocycles. The number of aromatic carboxylic acids is 1. The van der Waals surface area contributed by atoms with E-state index in [0.29, 0.717) is 11.8 Å². The molecule has 0 fully saturated rings. The Balaban J connectivity index is 2.11. The minimum atomic E-state index is -4.59. The van der Waals surface area contributed by atoms with E-state index in [1.54, 1.807) is 0 Å². The smallest absolute Gasteiger partial charge is 0.416 e. The molecular weight excluding hydrogens is 330 g/mol. The van der Waals surface area contributed by atoms with Gasteiger partial charge in [-0.05, 0) is 48.4 Å². The first kappa shape index (κ1) is 17.6. The molecule has 0 radical (unpaired) electrons. The van der Waals surface area contributed by atoms with Crippen LogP contribution >= 0.6 is 0 Å². The van der Waals surface area contributed by atoms with Crippen LogP contribution in [0.5, 0.6) is 5.75 Å². The van der Waals surface area contributed by atoms with E-state index in [1.165, 1.54) is 6.07 Å². The van der Waals surface area contributed by atoms with E-state index in [9.17, 15) is 27.5 Å². The highest BCUT2D eigenvalue weighted by Gasteiger charge is 2.33. The summed E-state index contributed by atoms with van der Waals surface area (Å²) in [5, 5.41) is 21.0.